The zero-order valence-corrected chi connectivity index (χ0v) is 19.4. The molecule has 4 rings (SSSR count). The summed E-state index contributed by atoms with van der Waals surface area (Å²) in [6.45, 7) is 7.27. The van der Waals surface area contributed by atoms with Crippen LogP contribution in [0.15, 0.2) is 49.1 Å². The Kier molecular flexibility index (Phi) is 8.02. The topological polar surface area (TPSA) is 27.7 Å². The molecule has 0 radical (unpaired) electrons. The van der Waals surface area contributed by atoms with E-state index in [4.69, 9.17) is 14.2 Å². The zero-order valence-electron chi connectivity index (χ0n) is 19.4. The van der Waals surface area contributed by atoms with Gasteiger partial charge in [0.15, 0.2) is 11.6 Å². The molecule has 1 saturated heterocycles. The van der Waals surface area contributed by atoms with Crippen LogP contribution in [0.5, 0.6) is 11.5 Å². The third kappa shape index (κ3) is 5.75. The summed E-state index contributed by atoms with van der Waals surface area (Å²) in [7, 11) is 0. The van der Waals surface area contributed by atoms with Crippen molar-refractivity contribution in [3.8, 4) is 22.6 Å². The fourth-order valence-electron chi connectivity index (χ4n) is 5.12. The van der Waals surface area contributed by atoms with Gasteiger partial charge in [-0.3, -0.25) is 0 Å². The first-order chi connectivity index (χ1) is 16.1. The Hall–Kier alpha value is -2.40. The van der Waals surface area contributed by atoms with Crippen molar-refractivity contribution >= 4 is 0 Å². The number of allylic oxidation sites excluding steroid dienone is 1. The lowest BCUT2D eigenvalue weighted by molar-refractivity contribution is -0.0553. The number of hydrogen-bond donors (Lipinski definition) is 0. The van der Waals surface area contributed by atoms with E-state index in [2.05, 4.69) is 12.7 Å². The molecular formula is C28H34F2O3. The molecule has 2 aliphatic rings. The van der Waals surface area contributed by atoms with E-state index < -0.39 is 11.6 Å². The molecule has 1 saturated carbocycles. The van der Waals surface area contributed by atoms with Crippen molar-refractivity contribution in [2.24, 2.45) is 17.8 Å². The van der Waals surface area contributed by atoms with Crippen molar-refractivity contribution < 1.29 is 23.0 Å². The number of rotatable bonds is 8. The highest BCUT2D eigenvalue weighted by molar-refractivity contribution is 5.66. The smallest absolute Gasteiger partial charge is 0.201 e. The van der Waals surface area contributed by atoms with E-state index in [9.17, 15) is 8.78 Å². The fraction of sp³-hybridized carbons (Fsp3) is 0.500. The lowest BCUT2D eigenvalue weighted by atomic mass is 9.74. The van der Waals surface area contributed by atoms with Crippen molar-refractivity contribution in [1.29, 1.82) is 0 Å². The van der Waals surface area contributed by atoms with Gasteiger partial charge < -0.3 is 14.2 Å². The van der Waals surface area contributed by atoms with Gasteiger partial charge in [-0.1, -0.05) is 18.2 Å². The van der Waals surface area contributed by atoms with Gasteiger partial charge in [0.05, 0.1) is 19.3 Å². The van der Waals surface area contributed by atoms with Gasteiger partial charge in [-0.05, 0) is 93.0 Å². The number of halogens is 2. The molecule has 0 N–H and O–H groups in total. The minimum Gasteiger partial charge on any atom is -0.491 e. The van der Waals surface area contributed by atoms with Gasteiger partial charge in [-0.2, -0.15) is 4.39 Å². The summed E-state index contributed by atoms with van der Waals surface area (Å²) in [4.78, 5) is 0. The highest BCUT2D eigenvalue weighted by Crippen LogP contribution is 2.38. The summed E-state index contributed by atoms with van der Waals surface area (Å²) in [5.41, 5.74) is 0.788. The van der Waals surface area contributed by atoms with Crippen LogP contribution in [-0.2, 0) is 4.74 Å². The number of hydrogen-bond acceptors (Lipinski definition) is 3. The van der Waals surface area contributed by atoms with Crippen LogP contribution in [0.3, 0.4) is 0 Å². The van der Waals surface area contributed by atoms with Crippen molar-refractivity contribution in [1.82, 2.24) is 0 Å². The Labute approximate surface area is 195 Å². The summed E-state index contributed by atoms with van der Waals surface area (Å²) in [5, 5.41) is 0. The van der Waals surface area contributed by atoms with E-state index in [1.807, 2.05) is 0 Å². The van der Waals surface area contributed by atoms with Gasteiger partial charge >= 0.3 is 0 Å². The quantitative estimate of drug-likeness (QED) is 0.393. The Balaban J connectivity index is 1.26. The molecule has 3 nitrogen and oxygen atoms in total. The average molecular weight is 457 g/mol. The summed E-state index contributed by atoms with van der Waals surface area (Å²) >= 11 is 0. The third-order valence-electron chi connectivity index (χ3n) is 7.17. The lowest BCUT2D eigenvalue weighted by Gasteiger charge is -2.37. The number of ether oxygens (including phenoxy) is 3. The van der Waals surface area contributed by atoms with E-state index in [-0.39, 0.29) is 24.0 Å². The normalized spacial score (nSPS) is 25.4. The van der Waals surface area contributed by atoms with Crippen molar-refractivity contribution in [2.75, 3.05) is 19.8 Å². The molecule has 2 aromatic carbocycles. The largest absolute Gasteiger partial charge is 0.491 e. The molecule has 2 aromatic rings. The maximum Gasteiger partial charge on any atom is 0.201 e. The minimum atomic E-state index is -0.962. The molecule has 178 valence electrons. The lowest BCUT2D eigenvalue weighted by Crippen LogP contribution is -2.35. The van der Waals surface area contributed by atoms with Crippen LogP contribution < -0.4 is 9.47 Å². The molecule has 0 spiro atoms. The van der Waals surface area contributed by atoms with Gasteiger partial charge in [0.25, 0.3) is 0 Å². The molecule has 1 aliphatic heterocycles. The fourth-order valence-corrected chi connectivity index (χ4v) is 5.12. The second-order valence-electron chi connectivity index (χ2n) is 9.21. The van der Waals surface area contributed by atoms with Gasteiger partial charge in [-0.15, -0.1) is 6.58 Å². The second kappa shape index (κ2) is 11.1. The molecule has 0 bridgehead atoms. The number of benzene rings is 2. The molecule has 1 heterocycles. The Morgan fingerprint density at radius 1 is 0.909 bits per heavy atom. The van der Waals surface area contributed by atoms with Crippen molar-refractivity contribution in [2.45, 2.75) is 51.6 Å². The van der Waals surface area contributed by atoms with Crippen LogP contribution in [0.25, 0.3) is 11.1 Å². The molecule has 1 aliphatic carbocycles. The molecule has 2 atom stereocenters. The van der Waals surface area contributed by atoms with E-state index >= 15 is 0 Å². The Bertz CT molecular complexity index is 911. The second-order valence-corrected chi connectivity index (χ2v) is 9.21. The zero-order chi connectivity index (χ0) is 23.2. The van der Waals surface area contributed by atoms with Gasteiger partial charge in [-0.25, -0.2) is 4.39 Å². The maximum absolute atomic E-state index is 14.5. The monoisotopic (exact) mass is 456 g/mol. The highest BCUT2D eigenvalue weighted by Gasteiger charge is 2.31. The maximum atomic E-state index is 14.5. The van der Waals surface area contributed by atoms with Crippen LogP contribution in [0.4, 0.5) is 8.78 Å². The van der Waals surface area contributed by atoms with E-state index in [0.717, 1.165) is 18.9 Å². The molecule has 33 heavy (non-hydrogen) atoms. The van der Waals surface area contributed by atoms with Crippen LogP contribution in [-0.4, -0.2) is 25.9 Å². The van der Waals surface area contributed by atoms with Gasteiger partial charge in [0, 0.05) is 5.56 Å². The van der Waals surface area contributed by atoms with Crippen LogP contribution >= 0.6 is 0 Å². The minimum absolute atomic E-state index is 0.0714. The predicted octanol–water partition coefficient (Wildman–Crippen LogP) is 7.20. The van der Waals surface area contributed by atoms with Crippen LogP contribution in [0, 0.1) is 29.4 Å². The molecule has 0 amide bonds. The molecule has 2 unspecified atom stereocenters. The van der Waals surface area contributed by atoms with E-state index in [1.165, 1.54) is 44.2 Å². The predicted molar refractivity (Wildman–Crippen MR) is 127 cm³/mol. The van der Waals surface area contributed by atoms with Crippen LogP contribution in [0.1, 0.15) is 45.4 Å². The summed E-state index contributed by atoms with van der Waals surface area (Å²) in [6, 6.07) is 10.0. The van der Waals surface area contributed by atoms with E-state index in [1.54, 1.807) is 31.2 Å². The summed E-state index contributed by atoms with van der Waals surface area (Å²) < 4.78 is 45.8. The standard InChI is InChI=1S/C28H34F2O3/c1-3-19-5-7-20(8-6-19)22-11-14-24(32-17-22)18-33-23-12-9-21(10-13-23)25-15-16-26(31-4-2)28(30)27(25)29/h3,9-10,12-13,15-16,19-20,22,24H,1,4-8,11,14,17-18H2,2H3. The van der Waals surface area contributed by atoms with Crippen molar-refractivity contribution in [3.05, 3.63) is 60.7 Å². The first-order valence-electron chi connectivity index (χ1n) is 12.2. The van der Waals surface area contributed by atoms with Gasteiger partial charge in [0.2, 0.25) is 5.82 Å². The molecular weight excluding hydrogens is 422 g/mol. The Morgan fingerprint density at radius 3 is 2.27 bits per heavy atom. The molecule has 2 fully saturated rings. The summed E-state index contributed by atoms with van der Waals surface area (Å²) in [6.07, 6.45) is 9.53. The summed E-state index contributed by atoms with van der Waals surface area (Å²) in [5.74, 6) is 0.897. The molecule has 0 aromatic heterocycles. The highest BCUT2D eigenvalue weighted by atomic mass is 19.2. The molecule has 5 heteroatoms. The third-order valence-corrected chi connectivity index (χ3v) is 7.17. The van der Waals surface area contributed by atoms with Crippen LogP contribution in [0.2, 0.25) is 0 Å². The first-order valence-corrected chi connectivity index (χ1v) is 12.2. The first kappa shape index (κ1) is 23.7. The van der Waals surface area contributed by atoms with E-state index in [0.29, 0.717) is 29.8 Å². The average Bonchev–Trinajstić information content (AvgIpc) is 2.87. The Morgan fingerprint density at radius 2 is 1.64 bits per heavy atom. The SMILES string of the molecule is C=CC1CCC(C2CCC(COc3ccc(-c4ccc(OCC)c(F)c4F)cc3)OC2)CC1. The van der Waals surface area contributed by atoms with Crippen molar-refractivity contribution in [3.63, 3.8) is 0 Å². The van der Waals surface area contributed by atoms with Gasteiger partial charge in [0.1, 0.15) is 12.4 Å².